The van der Waals surface area contributed by atoms with E-state index in [4.69, 9.17) is 10.5 Å². The highest BCUT2D eigenvalue weighted by Crippen LogP contribution is 2.26. The third kappa shape index (κ3) is 11.5. The van der Waals surface area contributed by atoms with Crippen molar-refractivity contribution < 1.29 is 18.7 Å². The molecule has 1 aromatic rings. The molecule has 1 fully saturated rings. The van der Waals surface area contributed by atoms with Crippen molar-refractivity contribution in [2.45, 2.75) is 84.2 Å². The fourth-order valence-corrected chi connectivity index (χ4v) is 4.97. The van der Waals surface area contributed by atoms with Gasteiger partial charge in [0, 0.05) is 43.1 Å². The lowest BCUT2D eigenvalue weighted by molar-refractivity contribution is -0.122. The molecule has 1 unspecified atom stereocenters. The number of unbranched alkanes of at least 4 members (excludes halogenated alkanes) is 2. The second kappa shape index (κ2) is 17.5. The zero-order valence-electron chi connectivity index (χ0n) is 27.8. The number of primary amides is 1. The normalized spacial score (nSPS) is 18.6. The lowest BCUT2D eigenvalue weighted by Crippen LogP contribution is -2.36. The van der Waals surface area contributed by atoms with Crippen LogP contribution in [0.5, 0.6) is 0 Å². The number of halogens is 1. The molecular formula is C35H51FN6O3. The Morgan fingerprint density at radius 1 is 1.27 bits per heavy atom. The number of carbonyl (C=O) groups is 2. The van der Waals surface area contributed by atoms with Gasteiger partial charge in [0.15, 0.2) is 0 Å². The Labute approximate surface area is 268 Å². The first-order valence-electron chi connectivity index (χ1n) is 16.0. The number of likely N-dealkylation sites (N-methyl/N-ethyl adjacent to an activating group) is 2. The number of methoxy groups -OCH3 is 1. The summed E-state index contributed by atoms with van der Waals surface area (Å²) in [4.78, 5) is 26.9. The molecule has 2 heterocycles. The van der Waals surface area contributed by atoms with Crippen LogP contribution in [-0.4, -0.2) is 73.7 Å². The Balaban J connectivity index is 0.000000199. The van der Waals surface area contributed by atoms with Crippen molar-refractivity contribution in [3.05, 3.63) is 76.5 Å². The van der Waals surface area contributed by atoms with E-state index in [0.29, 0.717) is 48.4 Å². The summed E-state index contributed by atoms with van der Waals surface area (Å²) in [6.07, 6.45) is 16.2. The monoisotopic (exact) mass is 622 g/mol. The Bertz CT molecular complexity index is 1340. The summed E-state index contributed by atoms with van der Waals surface area (Å²) in [6.45, 7) is 7.66. The number of hydrogen-bond donors (Lipinski definition) is 3. The number of ether oxygens (including phenoxy) is 1. The van der Waals surface area contributed by atoms with E-state index < -0.39 is 5.91 Å². The number of hydrazone groups is 1. The molecule has 246 valence electrons. The Morgan fingerprint density at radius 2 is 2.02 bits per heavy atom. The number of hydrogen-bond acceptors (Lipinski definition) is 7. The minimum Gasteiger partial charge on any atom is -0.497 e. The number of nitrogens with two attached hydrogens (primary N) is 1. The topological polar surface area (TPSA) is 112 Å². The zero-order valence-corrected chi connectivity index (χ0v) is 27.8. The molecule has 4 aliphatic rings. The number of fused-ring (bicyclic) bond motifs is 1. The second-order valence-corrected chi connectivity index (χ2v) is 12.1. The van der Waals surface area contributed by atoms with Gasteiger partial charge in [0.1, 0.15) is 11.6 Å². The number of nitrogens with one attached hydrogen (secondary N) is 2. The summed E-state index contributed by atoms with van der Waals surface area (Å²) in [7, 11) is 5.62. The average Bonchev–Trinajstić information content (AvgIpc) is 3.84. The van der Waals surface area contributed by atoms with Crippen molar-refractivity contribution in [3.63, 3.8) is 0 Å². The largest absolute Gasteiger partial charge is 0.497 e. The Morgan fingerprint density at radius 3 is 2.64 bits per heavy atom. The van der Waals surface area contributed by atoms with Gasteiger partial charge in [0.25, 0.3) is 0 Å². The van der Waals surface area contributed by atoms with Crippen LogP contribution in [0.3, 0.4) is 0 Å². The molecule has 0 aromatic heterocycles. The molecule has 2 amide bonds. The SMILES string of the molecule is CC1C=C(C2=NNc3ccc(C(N)=O)cc3C2)C=CN1C.CCCCCN(C)CC(=O)NC1CC1.COC1=CCCC(F)=C1C. The van der Waals surface area contributed by atoms with E-state index >= 15 is 0 Å². The van der Waals surface area contributed by atoms with Gasteiger partial charge in [-0.05, 0) is 101 Å². The Hall–Kier alpha value is -3.92. The highest BCUT2D eigenvalue weighted by atomic mass is 19.1. The molecule has 0 radical (unpaired) electrons. The number of benzene rings is 1. The third-order valence-corrected chi connectivity index (χ3v) is 8.13. The first kappa shape index (κ1) is 35.6. The average molecular weight is 623 g/mol. The van der Waals surface area contributed by atoms with Gasteiger partial charge >= 0.3 is 0 Å². The van der Waals surface area contributed by atoms with Crippen LogP contribution in [0.15, 0.2) is 70.5 Å². The van der Waals surface area contributed by atoms with E-state index in [9.17, 15) is 14.0 Å². The minimum absolute atomic E-state index is 0.0423. The van der Waals surface area contributed by atoms with Crippen molar-refractivity contribution in [2.75, 3.05) is 39.7 Å². The van der Waals surface area contributed by atoms with Crippen LogP contribution in [-0.2, 0) is 16.0 Å². The number of amides is 2. The van der Waals surface area contributed by atoms with Gasteiger partial charge in [-0.25, -0.2) is 4.39 Å². The molecule has 0 bridgehead atoms. The van der Waals surface area contributed by atoms with Crippen LogP contribution in [0.2, 0.25) is 0 Å². The molecule has 9 nitrogen and oxygen atoms in total. The maximum absolute atomic E-state index is 12.8. The van der Waals surface area contributed by atoms with Crippen molar-refractivity contribution in [1.82, 2.24) is 15.1 Å². The van der Waals surface area contributed by atoms with Crippen LogP contribution in [0.4, 0.5) is 10.1 Å². The molecule has 2 aliphatic carbocycles. The smallest absolute Gasteiger partial charge is 0.248 e. The van der Waals surface area contributed by atoms with E-state index in [1.165, 1.54) is 32.1 Å². The molecule has 10 heteroatoms. The van der Waals surface area contributed by atoms with E-state index in [0.717, 1.165) is 35.5 Å². The van der Waals surface area contributed by atoms with Crippen LogP contribution >= 0.6 is 0 Å². The lowest BCUT2D eigenvalue weighted by Gasteiger charge is -2.26. The lowest BCUT2D eigenvalue weighted by atomic mass is 9.95. The van der Waals surface area contributed by atoms with Crippen LogP contribution in [0, 0.1) is 0 Å². The molecular weight excluding hydrogens is 571 g/mol. The number of anilines is 1. The van der Waals surface area contributed by atoms with Gasteiger partial charge in [0.05, 0.1) is 25.1 Å². The van der Waals surface area contributed by atoms with Gasteiger partial charge in [-0.15, -0.1) is 0 Å². The maximum atomic E-state index is 12.8. The molecule has 5 rings (SSSR count). The fourth-order valence-electron chi connectivity index (χ4n) is 4.97. The fraction of sp³-hybridized carbons (Fsp3) is 0.514. The molecule has 45 heavy (non-hydrogen) atoms. The van der Waals surface area contributed by atoms with E-state index in [1.54, 1.807) is 20.1 Å². The highest BCUT2D eigenvalue weighted by Gasteiger charge is 2.23. The Kier molecular flexibility index (Phi) is 13.9. The van der Waals surface area contributed by atoms with Crippen LogP contribution in [0.25, 0.3) is 0 Å². The molecule has 1 atom stereocenters. The van der Waals surface area contributed by atoms with E-state index in [-0.39, 0.29) is 11.7 Å². The number of rotatable bonds is 10. The predicted octanol–water partition coefficient (Wildman–Crippen LogP) is 5.82. The standard InChI is InChI=1S/C16H18N4O.C11H22N2O.C8H11FO/c1-10-7-11(5-6-20(10)2)15-9-13-8-12(16(17)21)3-4-14(13)18-19-15;1-3-4-5-8-13(2)9-11(14)12-10-6-7-10;1-6-7(9)4-3-5-8(6)10-2/h3-8,10,18H,9H2,1-2H3,(H2,17,21);10H,3-9H2,1-2H3,(H,12,14);5H,3-4H2,1-2H3. The van der Waals surface area contributed by atoms with E-state index in [1.807, 2.05) is 32.3 Å². The number of allylic oxidation sites excluding steroid dienone is 5. The zero-order chi connectivity index (χ0) is 32.9. The van der Waals surface area contributed by atoms with Gasteiger partial charge in [-0.2, -0.15) is 5.10 Å². The molecule has 0 saturated heterocycles. The third-order valence-electron chi connectivity index (χ3n) is 8.13. The van der Waals surface area contributed by atoms with Gasteiger partial charge in [-0.1, -0.05) is 25.8 Å². The molecule has 1 aromatic carbocycles. The second-order valence-electron chi connectivity index (χ2n) is 12.1. The van der Waals surface area contributed by atoms with Gasteiger partial charge in [-0.3, -0.25) is 19.9 Å². The maximum Gasteiger partial charge on any atom is 0.248 e. The number of carbonyl (C=O) groups excluding carboxylic acids is 2. The van der Waals surface area contributed by atoms with Crippen LogP contribution in [0.1, 0.15) is 81.6 Å². The molecule has 2 aliphatic heterocycles. The first-order chi connectivity index (χ1) is 21.5. The van der Waals surface area contributed by atoms with Gasteiger partial charge in [0.2, 0.25) is 11.8 Å². The van der Waals surface area contributed by atoms with Crippen molar-refractivity contribution in [2.24, 2.45) is 10.8 Å². The van der Waals surface area contributed by atoms with Crippen molar-refractivity contribution in [1.29, 1.82) is 0 Å². The van der Waals surface area contributed by atoms with Crippen LogP contribution < -0.4 is 16.5 Å². The summed E-state index contributed by atoms with van der Waals surface area (Å²) in [5.41, 5.74) is 13.6. The van der Waals surface area contributed by atoms with Crippen molar-refractivity contribution >= 4 is 23.2 Å². The van der Waals surface area contributed by atoms with Crippen molar-refractivity contribution in [3.8, 4) is 0 Å². The predicted molar refractivity (Wildman–Crippen MR) is 180 cm³/mol. The molecule has 4 N–H and O–H groups in total. The summed E-state index contributed by atoms with van der Waals surface area (Å²) in [5.74, 6) is 0.420. The number of nitrogens with zero attached hydrogens (tertiary/aromatic N) is 3. The molecule has 1 saturated carbocycles. The summed E-state index contributed by atoms with van der Waals surface area (Å²) in [6, 6.07) is 6.22. The quantitative estimate of drug-likeness (QED) is 0.284. The minimum atomic E-state index is -0.408. The highest BCUT2D eigenvalue weighted by molar-refractivity contribution is 6.06. The summed E-state index contributed by atoms with van der Waals surface area (Å²) >= 11 is 0. The van der Waals surface area contributed by atoms with E-state index in [2.05, 4.69) is 57.8 Å². The van der Waals surface area contributed by atoms with Gasteiger partial charge < -0.3 is 20.7 Å². The first-order valence-corrected chi connectivity index (χ1v) is 16.0. The summed E-state index contributed by atoms with van der Waals surface area (Å²) < 4.78 is 17.7. The molecule has 0 spiro atoms. The summed E-state index contributed by atoms with van der Waals surface area (Å²) in [5, 5.41) is 7.44.